The molecule has 0 bridgehead atoms. The van der Waals surface area contributed by atoms with Gasteiger partial charge in [-0.1, -0.05) is 12.1 Å². The van der Waals surface area contributed by atoms with Crippen LogP contribution < -0.4 is 24.8 Å². The van der Waals surface area contributed by atoms with E-state index in [0.29, 0.717) is 12.4 Å². The van der Waals surface area contributed by atoms with Crippen LogP contribution in [0.1, 0.15) is 18.4 Å². The second-order valence-corrected chi connectivity index (χ2v) is 6.54. The van der Waals surface area contributed by atoms with E-state index in [-0.39, 0.29) is 18.6 Å². The molecule has 1 amide bonds. The summed E-state index contributed by atoms with van der Waals surface area (Å²) in [6, 6.07) is 13.3. The van der Waals surface area contributed by atoms with Crippen LogP contribution in [0.2, 0.25) is 0 Å². The molecule has 0 aromatic heterocycles. The van der Waals surface area contributed by atoms with Gasteiger partial charge in [-0.05, 0) is 49.2 Å². The number of hydrogen-bond donors (Lipinski definition) is 2. The number of fused-ring (bicyclic) bond motifs is 1. The molecule has 2 aliphatic heterocycles. The second kappa shape index (κ2) is 7.66. The minimum atomic E-state index is 0.0392. The Morgan fingerprint density at radius 1 is 1.19 bits per heavy atom. The summed E-state index contributed by atoms with van der Waals surface area (Å²) in [7, 11) is 0. The van der Waals surface area contributed by atoms with Crippen LogP contribution in [0.5, 0.6) is 17.2 Å². The number of ether oxygens (including phenoxy) is 3. The van der Waals surface area contributed by atoms with Gasteiger partial charge < -0.3 is 24.8 Å². The Kier molecular flexibility index (Phi) is 4.93. The molecule has 6 heteroatoms. The highest BCUT2D eigenvalue weighted by atomic mass is 16.7. The fraction of sp³-hybridized carbons (Fsp3) is 0.350. The van der Waals surface area contributed by atoms with Crippen molar-refractivity contribution in [2.75, 3.05) is 25.2 Å². The fourth-order valence-electron chi connectivity index (χ4n) is 3.19. The van der Waals surface area contributed by atoms with Crippen LogP contribution in [0.3, 0.4) is 0 Å². The van der Waals surface area contributed by atoms with Gasteiger partial charge in [0.2, 0.25) is 12.7 Å². The van der Waals surface area contributed by atoms with E-state index in [1.165, 1.54) is 0 Å². The molecule has 26 heavy (non-hydrogen) atoms. The van der Waals surface area contributed by atoms with Crippen molar-refractivity contribution in [3.8, 4) is 17.2 Å². The van der Waals surface area contributed by atoms with Gasteiger partial charge in [0.1, 0.15) is 12.4 Å². The summed E-state index contributed by atoms with van der Waals surface area (Å²) < 4.78 is 16.5. The number of piperidine rings is 1. The van der Waals surface area contributed by atoms with E-state index < -0.39 is 0 Å². The van der Waals surface area contributed by atoms with Crippen LogP contribution in [0, 0.1) is 5.92 Å². The van der Waals surface area contributed by atoms with E-state index in [0.717, 1.165) is 48.7 Å². The Morgan fingerprint density at radius 3 is 3.00 bits per heavy atom. The Bertz CT molecular complexity index is 787. The summed E-state index contributed by atoms with van der Waals surface area (Å²) in [5.41, 5.74) is 1.79. The van der Waals surface area contributed by atoms with Gasteiger partial charge >= 0.3 is 0 Å². The minimum Gasteiger partial charge on any atom is -0.489 e. The molecule has 2 heterocycles. The van der Waals surface area contributed by atoms with Crippen molar-refractivity contribution in [1.29, 1.82) is 0 Å². The lowest BCUT2D eigenvalue weighted by molar-refractivity contribution is -0.120. The molecule has 0 radical (unpaired) electrons. The standard InChI is InChI=1S/C20H22N2O4/c23-20(15-4-2-8-21-11-15)22-16-5-1-3-14(9-16)12-24-17-6-7-18-19(10-17)26-13-25-18/h1,3,5-7,9-10,15,21H,2,4,8,11-13H2,(H,22,23). The van der Waals surface area contributed by atoms with Gasteiger partial charge in [0, 0.05) is 18.3 Å². The maximum atomic E-state index is 12.4. The molecule has 2 aromatic carbocycles. The maximum absolute atomic E-state index is 12.4. The number of anilines is 1. The highest BCUT2D eigenvalue weighted by molar-refractivity contribution is 5.92. The van der Waals surface area contributed by atoms with Crippen molar-refractivity contribution >= 4 is 11.6 Å². The van der Waals surface area contributed by atoms with Crippen molar-refractivity contribution in [3.05, 3.63) is 48.0 Å². The van der Waals surface area contributed by atoms with E-state index in [4.69, 9.17) is 14.2 Å². The number of hydrogen-bond acceptors (Lipinski definition) is 5. The van der Waals surface area contributed by atoms with Crippen molar-refractivity contribution in [2.45, 2.75) is 19.4 Å². The van der Waals surface area contributed by atoms with Gasteiger partial charge in [0.15, 0.2) is 11.5 Å². The molecule has 2 aromatic rings. The fourth-order valence-corrected chi connectivity index (χ4v) is 3.19. The Balaban J connectivity index is 1.35. The quantitative estimate of drug-likeness (QED) is 0.864. The largest absolute Gasteiger partial charge is 0.489 e. The highest BCUT2D eigenvalue weighted by Crippen LogP contribution is 2.35. The van der Waals surface area contributed by atoms with Crippen LogP contribution in [0.15, 0.2) is 42.5 Å². The minimum absolute atomic E-state index is 0.0392. The number of amides is 1. The lowest BCUT2D eigenvalue weighted by Gasteiger charge is -2.22. The first-order valence-electron chi connectivity index (χ1n) is 8.91. The van der Waals surface area contributed by atoms with Gasteiger partial charge in [-0.25, -0.2) is 0 Å². The SMILES string of the molecule is O=C(Nc1cccc(COc2ccc3c(c2)OCO3)c1)C1CCCNC1. The molecule has 1 fully saturated rings. The normalized spacial score (nSPS) is 18.4. The number of nitrogens with one attached hydrogen (secondary N) is 2. The third kappa shape index (κ3) is 3.91. The molecule has 6 nitrogen and oxygen atoms in total. The van der Waals surface area contributed by atoms with Gasteiger partial charge in [-0.15, -0.1) is 0 Å². The van der Waals surface area contributed by atoms with E-state index in [1.807, 2.05) is 42.5 Å². The monoisotopic (exact) mass is 354 g/mol. The molecule has 1 saturated heterocycles. The maximum Gasteiger partial charge on any atom is 0.231 e. The topological polar surface area (TPSA) is 68.8 Å². The smallest absolute Gasteiger partial charge is 0.231 e. The molecular weight excluding hydrogens is 332 g/mol. The lowest BCUT2D eigenvalue weighted by atomic mass is 9.99. The first-order chi connectivity index (χ1) is 12.8. The van der Waals surface area contributed by atoms with Gasteiger partial charge in [-0.3, -0.25) is 4.79 Å². The van der Waals surface area contributed by atoms with E-state index >= 15 is 0 Å². The molecule has 2 N–H and O–H groups in total. The summed E-state index contributed by atoms with van der Waals surface area (Å²) >= 11 is 0. The summed E-state index contributed by atoms with van der Waals surface area (Å²) in [6.07, 6.45) is 1.98. The van der Waals surface area contributed by atoms with Crippen molar-refractivity contribution in [1.82, 2.24) is 5.32 Å². The van der Waals surface area contributed by atoms with Crippen LogP contribution >= 0.6 is 0 Å². The average Bonchev–Trinajstić information content (AvgIpc) is 3.15. The number of rotatable bonds is 5. The van der Waals surface area contributed by atoms with Crippen LogP contribution in [0.25, 0.3) is 0 Å². The van der Waals surface area contributed by atoms with Crippen molar-refractivity contribution in [3.63, 3.8) is 0 Å². The zero-order valence-electron chi connectivity index (χ0n) is 14.5. The summed E-state index contributed by atoms with van der Waals surface area (Å²) in [5, 5.41) is 6.28. The molecule has 2 aliphatic rings. The molecule has 136 valence electrons. The lowest BCUT2D eigenvalue weighted by Crippen LogP contribution is -2.37. The number of carbonyl (C=O) groups excluding carboxylic acids is 1. The Labute approximate surface area is 152 Å². The zero-order chi connectivity index (χ0) is 17.8. The summed E-state index contributed by atoms with van der Waals surface area (Å²) in [4.78, 5) is 12.4. The van der Waals surface area contributed by atoms with Gasteiger partial charge in [0.25, 0.3) is 0 Å². The highest BCUT2D eigenvalue weighted by Gasteiger charge is 2.20. The number of carbonyl (C=O) groups is 1. The van der Waals surface area contributed by atoms with Crippen LogP contribution in [-0.4, -0.2) is 25.8 Å². The average molecular weight is 354 g/mol. The van der Waals surface area contributed by atoms with E-state index in [9.17, 15) is 4.79 Å². The molecule has 0 saturated carbocycles. The summed E-state index contributed by atoms with van der Waals surface area (Å²) in [6.45, 7) is 2.40. The second-order valence-electron chi connectivity index (χ2n) is 6.54. The van der Waals surface area contributed by atoms with Crippen molar-refractivity contribution in [2.24, 2.45) is 5.92 Å². The first-order valence-corrected chi connectivity index (χ1v) is 8.91. The van der Waals surface area contributed by atoms with E-state index in [1.54, 1.807) is 0 Å². The first kappa shape index (κ1) is 16.7. The van der Waals surface area contributed by atoms with Crippen LogP contribution in [-0.2, 0) is 11.4 Å². The molecule has 0 spiro atoms. The molecule has 1 unspecified atom stereocenters. The van der Waals surface area contributed by atoms with Crippen LogP contribution in [0.4, 0.5) is 5.69 Å². The molecular formula is C20H22N2O4. The van der Waals surface area contributed by atoms with E-state index in [2.05, 4.69) is 10.6 Å². The third-order valence-corrected chi connectivity index (χ3v) is 4.61. The van der Waals surface area contributed by atoms with Gasteiger partial charge in [0.05, 0.1) is 5.92 Å². The predicted octanol–water partition coefficient (Wildman–Crippen LogP) is 2.93. The molecule has 0 aliphatic carbocycles. The third-order valence-electron chi connectivity index (χ3n) is 4.61. The zero-order valence-corrected chi connectivity index (χ0v) is 14.5. The Morgan fingerprint density at radius 2 is 2.12 bits per heavy atom. The molecule has 4 rings (SSSR count). The Hall–Kier alpha value is -2.73. The summed E-state index contributed by atoms with van der Waals surface area (Å²) in [5.74, 6) is 2.27. The number of benzene rings is 2. The predicted molar refractivity (Wildman–Crippen MR) is 97.6 cm³/mol. The van der Waals surface area contributed by atoms with Crippen molar-refractivity contribution < 1.29 is 19.0 Å². The molecule has 1 atom stereocenters. The van der Waals surface area contributed by atoms with Gasteiger partial charge in [-0.2, -0.15) is 0 Å².